The average molecular weight is 369 g/mol. The van der Waals surface area contributed by atoms with Crippen molar-refractivity contribution in [1.82, 2.24) is 10.3 Å². The monoisotopic (exact) mass is 368 g/mol. The lowest BCUT2D eigenvalue weighted by molar-refractivity contribution is 0.0946. The molecular weight excluding hydrogens is 352 g/mol. The number of carbonyl (C=O) groups is 1. The lowest BCUT2D eigenvalue weighted by atomic mass is 10.2. The van der Waals surface area contributed by atoms with Crippen LogP contribution >= 0.6 is 11.6 Å². The first-order valence-corrected chi connectivity index (χ1v) is 8.44. The van der Waals surface area contributed by atoms with Crippen molar-refractivity contribution in [2.75, 3.05) is 13.2 Å². The molecule has 1 heterocycles. The van der Waals surface area contributed by atoms with E-state index in [2.05, 4.69) is 10.3 Å². The highest BCUT2D eigenvalue weighted by atomic mass is 35.5. The van der Waals surface area contributed by atoms with Gasteiger partial charge in [-0.15, -0.1) is 0 Å². The average Bonchev–Trinajstić information content (AvgIpc) is 2.67. The maximum atomic E-state index is 12.3. The molecule has 3 aromatic rings. The third-order valence-electron chi connectivity index (χ3n) is 3.44. The summed E-state index contributed by atoms with van der Waals surface area (Å²) in [6, 6.07) is 19.5. The Kier molecular flexibility index (Phi) is 6.06. The van der Waals surface area contributed by atoms with Gasteiger partial charge in [0.1, 0.15) is 18.1 Å². The van der Waals surface area contributed by atoms with Gasteiger partial charge in [-0.2, -0.15) is 0 Å². The van der Waals surface area contributed by atoms with Gasteiger partial charge in [0, 0.05) is 17.8 Å². The first kappa shape index (κ1) is 17.8. The van der Waals surface area contributed by atoms with Crippen LogP contribution in [0.3, 0.4) is 0 Å². The number of hydrogen-bond donors (Lipinski definition) is 1. The number of nitrogens with zero attached hydrogens (tertiary/aromatic N) is 1. The standard InChI is InChI=1S/C20H17ClN2O3/c21-17-8-1-2-9-18(17)25-13-12-23-20(24)15-6-5-7-16(14-15)26-19-10-3-4-11-22-19/h1-11,14H,12-13H2,(H,23,24). The Hall–Kier alpha value is -3.05. The number of amides is 1. The first-order chi connectivity index (χ1) is 12.7. The van der Waals surface area contributed by atoms with Crippen molar-refractivity contribution in [3.63, 3.8) is 0 Å². The molecule has 5 nitrogen and oxygen atoms in total. The Morgan fingerprint density at radius 1 is 1.04 bits per heavy atom. The second-order valence-corrected chi connectivity index (χ2v) is 5.74. The van der Waals surface area contributed by atoms with Crippen LogP contribution in [-0.2, 0) is 0 Å². The number of pyridine rings is 1. The van der Waals surface area contributed by atoms with E-state index < -0.39 is 0 Å². The molecule has 0 aliphatic rings. The van der Waals surface area contributed by atoms with Crippen LogP contribution in [-0.4, -0.2) is 24.0 Å². The molecule has 0 saturated carbocycles. The van der Waals surface area contributed by atoms with Crippen LogP contribution in [0.4, 0.5) is 0 Å². The molecule has 0 fully saturated rings. The fourth-order valence-corrected chi connectivity index (χ4v) is 2.41. The van der Waals surface area contributed by atoms with E-state index in [-0.39, 0.29) is 5.91 Å². The highest BCUT2D eigenvalue weighted by Gasteiger charge is 2.07. The van der Waals surface area contributed by atoms with Crippen LogP contribution in [0.25, 0.3) is 0 Å². The molecular formula is C20H17ClN2O3. The van der Waals surface area contributed by atoms with E-state index in [9.17, 15) is 4.79 Å². The van der Waals surface area contributed by atoms with E-state index in [0.717, 1.165) is 0 Å². The Balaban J connectivity index is 1.51. The van der Waals surface area contributed by atoms with Crippen molar-refractivity contribution in [3.05, 3.63) is 83.5 Å². The predicted octanol–water partition coefficient (Wildman–Crippen LogP) is 4.34. The van der Waals surface area contributed by atoms with Gasteiger partial charge in [-0.05, 0) is 36.4 Å². The lowest BCUT2D eigenvalue weighted by Crippen LogP contribution is -2.28. The van der Waals surface area contributed by atoms with Crippen LogP contribution in [0.2, 0.25) is 5.02 Å². The Morgan fingerprint density at radius 3 is 2.69 bits per heavy atom. The van der Waals surface area contributed by atoms with Crippen molar-refractivity contribution in [2.24, 2.45) is 0 Å². The number of ether oxygens (including phenoxy) is 2. The van der Waals surface area contributed by atoms with Crippen LogP contribution in [0.15, 0.2) is 72.9 Å². The normalized spacial score (nSPS) is 10.2. The summed E-state index contributed by atoms with van der Waals surface area (Å²) in [6.07, 6.45) is 1.64. The molecule has 132 valence electrons. The summed E-state index contributed by atoms with van der Waals surface area (Å²) in [7, 11) is 0. The zero-order valence-corrected chi connectivity index (χ0v) is 14.6. The number of para-hydroxylation sites is 1. The summed E-state index contributed by atoms with van der Waals surface area (Å²) in [5.74, 6) is 1.40. The molecule has 1 N–H and O–H groups in total. The molecule has 0 aliphatic carbocycles. The third-order valence-corrected chi connectivity index (χ3v) is 3.75. The van der Waals surface area contributed by atoms with Gasteiger partial charge in [-0.25, -0.2) is 4.98 Å². The van der Waals surface area contributed by atoms with Crippen LogP contribution in [0, 0.1) is 0 Å². The molecule has 1 aromatic heterocycles. The van der Waals surface area contributed by atoms with E-state index in [0.29, 0.717) is 41.1 Å². The zero-order valence-electron chi connectivity index (χ0n) is 13.9. The molecule has 0 radical (unpaired) electrons. The Labute approximate surface area is 156 Å². The molecule has 0 bridgehead atoms. The van der Waals surface area contributed by atoms with Gasteiger partial charge in [0.2, 0.25) is 5.88 Å². The molecule has 0 unspecified atom stereocenters. The van der Waals surface area contributed by atoms with Crippen molar-refractivity contribution < 1.29 is 14.3 Å². The number of rotatable bonds is 7. The quantitative estimate of drug-likeness (QED) is 0.630. The van der Waals surface area contributed by atoms with E-state index >= 15 is 0 Å². The summed E-state index contributed by atoms with van der Waals surface area (Å²) in [5.41, 5.74) is 0.496. The summed E-state index contributed by atoms with van der Waals surface area (Å²) in [6.45, 7) is 0.676. The number of aromatic nitrogens is 1. The maximum absolute atomic E-state index is 12.3. The predicted molar refractivity (Wildman–Crippen MR) is 100 cm³/mol. The Morgan fingerprint density at radius 2 is 1.88 bits per heavy atom. The molecule has 26 heavy (non-hydrogen) atoms. The van der Waals surface area contributed by atoms with Gasteiger partial charge in [0.05, 0.1) is 11.6 Å². The van der Waals surface area contributed by atoms with E-state index in [1.54, 1.807) is 54.7 Å². The van der Waals surface area contributed by atoms with Gasteiger partial charge in [-0.1, -0.05) is 35.9 Å². The fourth-order valence-electron chi connectivity index (χ4n) is 2.22. The lowest BCUT2D eigenvalue weighted by Gasteiger charge is -2.10. The SMILES string of the molecule is O=C(NCCOc1ccccc1Cl)c1cccc(Oc2ccccn2)c1. The maximum Gasteiger partial charge on any atom is 0.251 e. The van der Waals surface area contributed by atoms with Crippen molar-refractivity contribution in [3.8, 4) is 17.4 Å². The van der Waals surface area contributed by atoms with Gasteiger partial charge in [-0.3, -0.25) is 4.79 Å². The highest BCUT2D eigenvalue weighted by Crippen LogP contribution is 2.23. The topological polar surface area (TPSA) is 60.5 Å². The largest absolute Gasteiger partial charge is 0.490 e. The molecule has 0 aliphatic heterocycles. The summed E-state index contributed by atoms with van der Waals surface area (Å²) in [4.78, 5) is 16.4. The number of halogens is 1. The van der Waals surface area contributed by atoms with Gasteiger partial charge >= 0.3 is 0 Å². The minimum Gasteiger partial charge on any atom is -0.490 e. The van der Waals surface area contributed by atoms with Crippen molar-refractivity contribution in [1.29, 1.82) is 0 Å². The second-order valence-electron chi connectivity index (χ2n) is 5.33. The van der Waals surface area contributed by atoms with Crippen LogP contribution in [0.1, 0.15) is 10.4 Å². The fraction of sp³-hybridized carbons (Fsp3) is 0.100. The number of carbonyl (C=O) groups excluding carboxylic acids is 1. The highest BCUT2D eigenvalue weighted by molar-refractivity contribution is 6.32. The van der Waals surface area contributed by atoms with Crippen LogP contribution < -0.4 is 14.8 Å². The first-order valence-electron chi connectivity index (χ1n) is 8.07. The summed E-state index contributed by atoms with van der Waals surface area (Å²) in [5, 5.41) is 3.34. The van der Waals surface area contributed by atoms with Crippen molar-refractivity contribution >= 4 is 17.5 Å². The minimum atomic E-state index is -0.209. The Bertz CT molecular complexity index is 872. The number of benzene rings is 2. The van der Waals surface area contributed by atoms with Crippen LogP contribution in [0.5, 0.6) is 17.4 Å². The second kappa shape index (κ2) is 8.87. The third kappa shape index (κ3) is 4.97. The molecule has 0 spiro atoms. The van der Waals surface area contributed by atoms with Gasteiger partial charge in [0.25, 0.3) is 5.91 Å². The molecule has 1 amide bonds. The summed E-state index contributed by atoms with van der Waals surface area (Å²) >= 11 is 6.01. The van der Waals surface area contributed by atoms with E-state index in [1.165, 1.54) is 0 Å². The molecule has 2 aromatic carbocycles. The smallest absolute Gasteiger partial charge is 0.251 e. The van der Waals surface area contributed by atoms with E-state index in [4.69, 9.17) is 21.1 Å². The van der Waals surface area contributed by atoms with Crippen molar-refractivity contribution in [2.45, 2.75) is 0 Å². The van der Waals surface area contributed by atoms with Gasteiger partial charge < -0.3 is 14.8 Å². The molecule has 0 atom stereocenters. The molecule has 3 rings (SSSR count). The minimum absolute atomic E-state index is 0.209. The summed E-state index contributed by atoms with van der Waals surface area (Å²) < 4.78 is 11.2. The molecule has 0 saturated heterocycles. The number of nitrogens with one attached hydrogen (secondary N) is 1. The number of hydrogen-bond acceptors (Lipinski definition) is 4. The van der Waals surface area contributed by atoms with Gasteiger partial charge in [0.15, 0.2) is 0 Å². The van der Waals surface area contributed by atoms with E-state index in [1.807, 2.05) is 18.2 Å². The zero-order chi connectivity index (χ0) is 18.2. The molecule has 6 heteroatoms.